The number of rotatable bonds is 5. The van der Waals surface area contributed by atoms with Crippen molar-refractivity contribution in [3.05, 3.63) is 47.0 Å². The second-order valence-electron chi connectivity index (χ2n) is 8.62. The van der Waals surface area contributed by atoms with E-state index in [-0.39, 0.29) is 42.9 Å². The molecule has 5 rings (SSSR count). The Bertz CT molecular complexity index is 1270. The molecule has 0 spiro atoms. The van der Waals surface area contributed by atoms with Crippen LogP contribution in [0.15, 0.2) is 35.2 Å². The maximum atomic E-state index is 13.5. The third-order valence-electron chi connectivity index (χ3n) is 6.82. The maximum absolute atomic E-state index is 13.5. The lowest BCUT2D eigenvalue weighted by atomic mass is 10.00. The molecule has 0 radical (unpaired) electrons. The summed E-state index contributed by atoms with van der Waals surface area (Å²) in [4.78, 5) is 29.0. The Hall–Kier alpha value is -3.11. The third kappa shape index (κ3) is 3.61. The molecule has 3 heterocycles. The molecular formula is C24H27N3O6S. The molecule has 2 aromatic carbocycles. The lowest BCUT2D eigenvalue weighted by Gasteiger charge is -2.34. The first kappa shape index (κ1) is 22.7. The van der Waals surface area contributed by atoms with Gasteiger partial charge in [0.1, 0.15) is 0 Å². The van der Waals surface area contributed by atoms with Gasteiger partial charge in [-0.2, -0.15) is 4.31 Å². The van der Waals surface area contributed by atoms with Crippen molar-refractivity contribution in [3.8, 4) is 11.5 Å². The van der Waals surface area contributed by atoms with Crippen molar-refractivity contribution in [3.63, 3.8) is 0 Å². The van der Waals surface area contributed by atoms with Crippen LogP contribution in [0.1, 0.15) is 27.9 Å². The molecule has 10 heteroatoms. The number of hydrogen-bond acceptors (Lipinski definition) is 6. The molecular weight excluding hydrogens is 458 g/mol. The second-order valence-corrected chi connectivity index (χ2v) is 10.6. The zero-order chi connectivity index (χ0) is 24.0. The van der Waals surface area contributed by atoms with Crippen LogP contribution in [0.2, 0.25) is 0 Å². The highest BCUT2D eigenvalue weighted by atomic mass is 32.2. The molecule has 0 bridgehead atoms. The SMILES string of the molecule is COc1cccc(C(=O)N2CCN(S(=O)(=O)c3cc4c5c(c3)CCN5C(=O)CC4)CC2)c1OC. The van der Waals surface area contributed by atoms with E-state index in [1.807, 2.05) is 0 Å². The predicted octanol–water partition coefficient (Wildman–Crippen LogP) is 1.69. The number of carbonyl (C=O) groups excluding carboxylic acids is 2. The lowest BCUT2D eigenvalue weighted by molar-refractivity contribution is -0.118. The molecule has 0 saturated carbocycles. The number of aryl methyl sites for hydroxylation is 1. The Morgan fingerprint density at radius 1 is 0.912 bits per heavy atom. The zero-order valence-corrected chi connectivity index (χ0v) is 20.1. The van der Waals surface area contributed by atoms with Crippen LogP contribution in [0.3, 0.4) is 0 Å². The first-order valence-corrected chi connectivity index (χ1v) is 12.8. The Kier molecular flexibility index (Phi) is 5.73. The van der Waals surface area contributed by atoms with Crippen LogP contribution < -0.4 is 14.4 Å². The summed E-state index contributed by atoms with van der Waals surface area (Å²) in [6.07, 6.45) is 1.64. The summed E-state index contributed by atoms with van der Waals surface area (Å²) in [5.41, 5.74) is 3.13. The molecule has 0 N–H and O–H groups in total. The van der Waals surface area contributed by atoms with Crippen LogP contribution in [0.5, 0.6) is 11.5 Å². The number of amides is 2. The topological polar surface area (TPSA) is 96.5 Å². The monoisotopic (exact) mass is 485 g/mol. The first-order chi connectivity index (χ1) is 16.3. The number of anilines is 1. The quantitative estimate of drug-likeness (QED) is 0.640. The standard InChI is InChI=1S/C24H27N3O6S/c1-32-20-5-3-4-19(23(20)33-2)24(29)25-10-12-26(13-11-25)34(30,31)18-14-16-6-7-21(28)27-9-8-17(15-18)22(16)27/h3-5,14-15H,6-13H2,1-2H3. The number of sulfonamides is 1. The molecule has 0 aromatic heterocycles. The number of carbonyl (C=O) groups is 2. The lowest BCUT2D eigenvalue weighted by Crippen LogP contribution is -2.50. The molecule has 1 fully saturated rings. The largest absolute Gasteiger partial charge is 0.493 e. The zero-order valence-electron chi connectivity index (χ0n) is 19.2. The Morgan fingerprint density at radius 3 is 2.29 bits per heavy atom. The van der Waals surface area contributed by atoms with Crippen LogP contribution >= 0.6 is 0 Å². The van der Waals surface area contributed by atoms with Crippen LogP contribution in [-0.2, 0) is 27.7 Å². The van der Waals surface area contributed by atoms with E-state index >= 15 is 0 Å². The van der Waals surface area contributed by atoms with Gasteiger partial charge in [0.15, 0.2) is 11.5 Å². The maximum Gasteiger partial charge on any atom is 0.257 e. The number of ether oxygens (including phenoxy) is 2. The molecule has 34 heavy (non-hydrogen) atoms. The third-order valence-corrected chi connectivity index (χ3v) is 8.70. The molecule has 2 amide bonds. The minimum atomic E-state index is -3.71. The van der Waals surface area contributed by atoms with Gasteiger partial charge in [-0.05, 0) is 48.2 Å². The highest BCUT2D eigenvalue weighted by Crippen LogP contribution is 2.39. The molecule has 0 aliphatic carbocycles. The number of piperazine rings is 1. The van der Waals surface area contributed by atoms with Crippen LogP contribution in [-0.4, -0.2) is 76.4 Å². The van der Waals surface area contributed by atoms with Crippen molar-refractivity contribution in [1.29, 1.82) is 0 Å². The number of para-hydroxylation sites is 1. The molecule has 1 saturated heterocycles. The Labute approximate surface area is 198 Å². The van der Waals surface area contributed by atoms with E-state index in [0.29, 0.717) is 42.9 Å². The summed E-state index contributed by atoms with van der Waals surface area (Å²) in [7, 11) is -0.717. The van der Waals surface area contributed by atoms with Gasteiger partial charge in [0.05, 0.1) is 30.4 Å². The van der Waals surface area contributed by atoms with Gasteiger partial charge in [0.25, 0.3) is 5.91 Å². The average Bonchev–Trinajstić information content (AvgIpc) is 3.30. The van der Waals surface area contributed by atoms with E-state index in [2.05, 4.69) is 0 Å². The van der Waals surface area contributed by atoms with Crippen LogP contribution in [0, 0.1) is 0 Å². The minimum Gasteiger partial charge on any atom is -0.493 e. The van der Waals surface area contributed by atoms with Crippen LogP contribution in [0.25, 0.3) is 0 Å². The van der Waals surface area contributed by atoms with Gasteiger partial charge in [-0.1, -0.05) is 6.07 Å². The van der Waals surface area contributed by atoms with Gasteiger partial charge >= 0.3 is 0 Å². The van der Waals surface area contributed by atoms with Crippen molar-refractivity contribution < 1.29 is 27.5 Å². The predicted molar refractivity (Wildman–Crippen MR) is 125 cm³/mol. The molecule has 0 atom stereocenters. The molecule has 9 nitrogen and oxygen atoms in total. The molecule has 3 aliphatic rings. The first-order valence-electron chi connectivity index (χ1n) is 11.3. The smallest absolute Gasteiger partial charge is 0.257 e. The van der Waals surface area contributed by atoms with E-state index in [4.69, 9.17) is 9.47 Å². The van der Waals surface area contributed by atoms with Crippen molar-refractivity contribution >= 4 is 27.5 Å². The van der Waals surface area contributed by atoms with Gasteiger partial charge in [-0.25, -0.2) is 8.42 Å². The van der Waals surface area contributed by atoms with Crippen molar-refractivity contribution in [2.75, 3.05) is 51.8 Å². The van der Waals surface area contributed by atoms with E-state index in [1.54, 1.807) is 40.1 Å². The van der Waals surface area contributed by atoms with E-state index < -0.39 is 10.0 Å². The highest BCUT2D eigenvalue weighted by Gasteiger charge is 2.36. The molecule has 0 unspecified atom stereocenters. The number of hydrogen-bond donors (Lipinski definition) is 0. The number of nitrogens with zero attached hydrogens (tertiary/aromatic N) is 3. The summed E-state index contributed by atoms with van der Waals surface area (Å²) in [5, 5.41) is 0. The Balaban J connectivity index is 1.34. The highest BCUT2D eigenvalue weighted by molar-refractivity contribution is 7.89. The fourth-order valence-electron chi connectivity index (χ4n) is 5.08. The fourth-order valence-corrected chi connectivity index (χ4v) is 6.61. The van der Waals surface area contributed by atoms with Gasteiger partial charge in [0.2, 0.25) is 15.9 Å². The van der Waals surface area contributed by atoms with E-state index in [9.17, 15) is 18.0 Å². The summed E-state index contributed by atoms with van der Waals surface area (Å²) < 4.78 is 39.0. The fraction of sp³-hybridized carbons (Fsp3) is 0.417. The van der Waals surface area contributed by atoms with Crippen LogP contribution in [0.4, 0.5) is 5.69 Å². The van der Waals surface area contributed by atoms with Gasteiger partial charge in [-0.3, -0.25) is 9.59 Å². The van der Waals surface area contributed by atoms with E-state index in [1.165, 1.54) is 18.5 Å². The Morgan fingerprint density at radius 2 is 1.62 bits per heavy atom. The van der Waals surface area contributed by atoms with E-state index in [0.717, 1.165) is 16.8 Å². The normalized spacial score (nSPS) is 18.1. The summed E-state index contributed by atoms with van der Waals surface area (Å²) in [6, 6.07) is 8.56. The summed E-state index contributed by atoms with van der Waals surface area (Å²) in [6.45, 7) is 1.57. The summed E-state index contributed by atoms with van der Waals surface area (Å²) in [5.74, 6) is 0.718. The molecule has 2 aromatic rings. The number of benzene rings is 2. The van der Waals surface area contributed by atoms with Crippen molar-refractivity contribution in [2.24, 2.45) is 0 Å². The van der Waals surface area contributed by atoms with Gasteiger partial charge in [0, 0.05) is 39.1 Å². The van der Waals surface area contributed by atoms with Crippen molar-refractivity contribution in [1.82, 2.24) is 9.21 Å². The second kappa shape index (κ2) is 8.59. The molecule has 3 aliphatic heterocycles. The van der Waals surface area contributed by atoms with Crippen molar-refractivity contribution in [2.45, 2.75) is 24.2 Å². The van der Waals surface area contributed by atoms with Gasteiger partial charge < -0.3 is 19.3 Å². The average molecular weight is 486 g/mol. The summed E-state index contributed by atoms with van der Waals surface area (Å²) >= 11 is 0. The number of methoxy groups -OCH3 is 2. The van der Waals surface area contributed by atoms with Gasteiger partial charge in [-0.15, -0.1) is 0 Å². The molecule has 180 valence electrons. The minimum absolute atomic E-state index is 0.107.